The Morgan fingerprint density at radius 3 is 2.41 bits per heavy atom. The molecule has 0 aliphatic heterocycles. The molecule has 1 amide bonds. The summed E-state index contributed by atoms with van der Waals surface area (Å²) in [5.41, 5.74) is 3.65. The highest BCUT2D eigenvalue weighted by Gasteiger charge is 2.19. The molecule has 0 spiro atoms. The summed E-state index contributed by atoms with van der Waals surface area (Å²) in [4.78, 5) is 12.5. The fraction of sp³-hybridized carbons (Fsp3) is 0.423. The number of benzene rings is 2. The lowest BCUT2D eigenvalue weighted by atomic mass is 9.84. The van der Waals surface area contributed by atoms with Gasteiger partial charge in [0.25, 0.3) is 0 Å². The maximum absolute atomic E-state index is 12.5. The first-order valence-electron chi connectivity index (χ1n) is 11.2. The summed E-state index contributed by atoms with van der Waals surface area (Å²) < 4.78 is 2.05. The van der Waals surface area contributed by atoms with Crippen LogP contribution in [0.15, 0.2) is 59.8 Å². The number of carbonyl (C=O) groups is 1. The summed E-state index contributed by atoms with van der Waals surface area (Å²) in [6.45, 7) is 11.2. The zero-order chi connectivity index (χ0) is 23.1. The van der Waals surface area contributed by atoms with Crippen LogP contribution in [-0.4, -0.2) is 20.7 Å². The first-order chi connectivity index (χ1) is 15.2. The lowest BCUT2D eigenvalue weighted by Crippen LogP contribution is -2.27. The van der Waals surface area contributed by atoms with Gasteiger partial charge in [0.05, 0.1) is 6.54 Å². The third-order valence-electron chi connectivity index (χ3n) is 5.14. The van der Waals surface area contributed by atoms with E-state index in [1.165, 1.54) is 11.1 Å². The third kappa shape index (κ3) is 7.23. The van der Waals surface area contributed by atoms with E-state index in [9.17, 15) is 4.79 Å². The lowest BCUT2D eigenvalue weighted by Gasteiger charge is -2.22. The largest absolute Gasteiger partial charge is 0.349 e. The number of nitrogens with zero attached hydrogens (tertiary/aromatic N) is 3. The normalized spacial score (nSPS) is 12.5. The summed E-state index contributed by atoms with van der Waals surface area (Å²) in [6, 6.07) is 18.6. The molecule has 1 N–H and O–H groups in total. The number of hydrogen-bond acceptors (Lipinski definition) is 4. The van der Waals surface area contributed by atoms with Crippen molar-refractivity contribution in [3.05, 3.63) is 71.5 Å². The number of aromatic nitrogens is 3. The van der Waals surface area contributed by atoms with Crippen molar-refractivity contribution in [2.45, 2.75) is 64.9 Å². The molecule has 3 rings (SSSR count). The van der Waals surface area contributed by atoms with Gasteiger partial charge in [-0.15, -0.1) is 10.2 Å². The van der Waals surface area contributed by atoms with E-state index in [0.29, 0.717) is 18.9 Å². The topological polar surface area (TPSA) is 59.8 Å². The quantitative estimate of drug-likeness (QED) is 0.410. The highest BCUT2D eigenvalue weighted by atomic mass is 32.2. The molecule has 0 saturated carbocycles. The van der Waals surface area contributed by atoms with Gasteiger partial charge in [0.15, 0.2) is 11.0 Å². The highest BCUT2D eigenvalue weighted by molar-refractivity contribution is 7.98. The van der Waals surface area contributed by atoms with Crippen molar-refractivity contribution < 1.29 is 4.79 Å². The minimum absolute atomic E-state index is 0.0543. The van der Waals surface area contributed by atoms with Crippen molar-refractivity contribution in [2.75, 3.05) is 0 Å². The predicted octanol–water partition coefficient (Wildman–Crippen LogP) is 5.95. The molecular formula is C26H34N4OS. The van der Waals surface area contributed by atoms with Crippen molar-refractivity contribution in [2.24, 2.45) is 11.3 Å². The summed E-state index contributed by atoms with van der Waals surface area (Å²) >= 11 is 1.65. The second-order valence-corrected chi connectivity index (χ2v) is 10.6. The molecule has 1 atom stereocenters. The van der Waals surface area contributed by atoms with E-state index in [1.807, 2.05) is 22.8 Å². The molecule has 3 aromatic rings. The summed E-state index contributed by atoms with van der Waals surface area (Å²) in [7, 11) is 0. The molecule has 0 saturated heterocycles. The monoisotopic (exact) mass is 450 g/mol. The van der Waals surface area contributed by atoms with Gasteiger partial charge in [0.2, 0.25) is 5.91 Å². The van der Waals surface area contributed by atoms with Gasteiger partial charge >= 0.3 is 0 Å². The van der Waals surface area contributed by atoms with E-state index >= 15 is 0 Å². The molecule has 0 radical (unpaired) electrons. The number of carbonyl (C=O) groups excluding carboxylic acids is 1. The van der Waals surface area contributed by atoms with Crippen molar-refractivity contribution in [1.82, 2.24) is 20.1 Å². The maximum Gasteiger partial charge on any atom is 0.220 e. The second-order valence-electron chi connectivity index (χ2n) is 9.69. The van der Waals surface area contributed by atoms with Crippen LogP contribution < -0.4 is 5.32 Å². The number of rotatable bonds is 9. The molecule has 2 aromatic carbocycles. The molecule has 1 heterocycles. The van der Waals surface area contributed by atoms with Crippen LogP contribution in [0.4, 0.5) is 0 Å². The SMILES string of the molecule is Cc1ccc(-n2c(CNC(=O)CC(C)CC(C)(C)C)nnc2SCc2ccccc2)cc1. The van der Waals surface area contributed by atoms with Gasteiger partial charge in [-0.3, -0.25) is 9.36 Å². The third-order valence-corrected chi connectivity index (χ3v) is 6.14. The minimum Gasteiger partial charge on any atom is -0.349 e. The zero-order valence-corrected chi connectivity index (χ0v) is 20.6. The molecular weight excluding hydrogens is 416 g/mol. The van der Waals surface area contributed by atoms with Crippen LogP contribution in [-0.2, 0) is 17.1 Å². The number of thioether (sulfide) groups is 1. The maximum atomic E-state index is 12.5. The van der Waals surface area contributed by atoms with Crippen LogP contribution in [0.5, 0.6) is 0 Å². The second kappa shape index (κ2) is 10.8. The van der Waals surface area contributed by atoms with E-state index in [2.05, 4.69) is 86.5 Å². The molecule has 0 bridgehead atoms. The van der Waals surface area contributed by atoms with Crippen molar-refractivity contribution in [1.29, 1.82) is 0 Å². The fourth-order valence-corrected chi connectivity index (χ4v) is 4.79. The van der Waals surface area contributed by atoms with E-state index in [1.54, 1.807) is 11.8 Å². The molecule has 32 heavy (non-hydrogen) atoms. The first-order valence-corrected chi connectivity index (χ1v) is 12.1. The van der Waals surface area contributed by atoms with Gasteiger partial charge in [0, 0.05) is 17.9 Å². The minimum atomic E-state index is 0.0543. The van der Waals surface area contributed by atoms with Gasteiger partial charge in [-0.05, 0) is 42.4 Å². The number of nitrogens with one attached hydrogen (secondary N) is 1. The standard InChI is InChI=1S/C26H34N4OS/c1-19-11-13-22(14-12-19)30-23(17-27-24(31)15-20(2)16-26(3,4)5)28-29-25(30)32-18-21-9-7-6-8-10-21/h6-14,20H,15-18H2,1-5H3,(H,27,31). The highest BCUT2D eigenvalue weighted by Crippen LogP contribution is 2.27. The Balaban J connectivity index is 1.72. The smallest absolute Gasteiger partial charge is 0.220 e. The lowest BCUT2D eigenvalue weighted by molar-refractivity contribution is -0.122. The van der Waals surface area contributed by atoms with Gasteiger partial charge in [-0.1, -0.05) is 87.5 Å². The zero-order valence-electron chi connectivity index (χ0n) is 19.8. The predicted molar refractivity (Wildman–Crippen MR) is 132 cm³/mol. The summed E-state index contributed by atoms with van der Waals surface area (Å²) in [5.74, 6) is 1.93. The van der Waals surface area contributed by atoms with Gasteiger partial charge in [0.1, 0.15) is 0 Å². The summed E-state index contributed by atoms with van der Waals surface area (Å²) in [6.07, 6.45) is 1.53. The van der Waals surface area contributed by atoms with Crippen molar-refractivity contribution in [3.8, 4) is 5.69 Å². The average Bonchev–Trinajstić information content (AvgIpc) is 3.13. The Hall–Kier alpha value is -2.60. The van der Waals surface area contributed by atoms with E-state index in [4.69, 9.17) is 0 Å². The van der Waals surface area contributed by atoms with Gasteiger partial charge in [-0.2, -0.15) is 0 Å². The fourth-order valence-electron chi connectivity index (χ4n) is 3.87. The van der Waals surface area contributed by atoms with Crippen LogP contribution in [0, 0.1) is 18.3 Å². The molecule has 1 aromatic heterocycles. The Bertz CT molecular complexity index is 1010. The molecule has 0 aliphatic rings. The summed E-state index contributed by atoms with van der Waals surface area (Å²) in [5, 5.41) is 12.7. The first kappa shape index (κ1) is 24.1. The Morgan fingerprint density at radius 1 is 1.06 bits per heavy atom. The Morgan fingerprint density at radius 2 is 1.75 bits per heavy atom. The van der Waals surface area contributed by atoms with E-state index in [0.717, 1.165) is 28.8 Å². The van der Waals surface area contributed by atoms with Crippen LogP contribution >= 0.6 is 11.8 Å². The van der Waals surface area contributed by atoms with E-state index in [-0.39, 0.29) is 11.3 Å². The van der Waals surface area contributed by atoms with E-state index < -0.39 is 0 Å². The van der Waals surface area contributed by atoms with Crippen LogP contribution in [0.3, 0.4) is 0 Å². The number of hydrogen-bond donors (Lipinski definition) is 1. The molecule has 5 nitrogen and oxygen atoms in total. The van der Waals surface area contributed by atoms with Crippen molar-refractivity contribution in [3.63, 3.8) is 0 Å². The Labute approximate surface area is 196 Å². The number of amides is 1. The van der Waals surface area contributed by atoms with Crippen LogP contribution in [0.2, 0.25) is 0 Å². The van der Waals surface area contributed by atoms with Crippen LogP contribution in [0.1, 0.15) is 57.5 Å². The molecule has 170 valence electrons. The molecule has 0 fully saturated rings. The van der Waals surface area contributed by atoms with Gasteiger partial charge < -0.3 is 5.32 Å². The van der Waals surface area contributed by atoms with Crippen LogP contribution in [0.25, 0.3) is 5.69 Å². The average molecular weight is 451 g/mol. The number of aryl methyl sites for hydroxylation is 1. The molecule has 1 unspecified atom stereocenters. The van der Waals surface area contributed by atoms with Crippen molar-refractivity contribution >= 4 is 17.7 Å². The van der Waals surface area contributed by atoms with Gasteiger partial charge in [-0.25, -0.2) is 0 Å². The molecule has 0 aliphatic carbocycles. The Kier molecular flexibility index (Phi) is 8.13. The molecule has 6 heteroatoms.